The first kappa shape index (κ1) is 18.1. The fourth-order valence-corrected chi connectivity index (χ4v) is 3.26. The highest BCUT2D eigenvalue weighted by Crippen LogP contribution is 2.19. The maximum Gasteiger partial charge on any atom is 0.226 e. The van der Waals surface area contributed by atoms with Crippen LogP contribution in [0, 0.1) is 12.7 Å². The number of aromatic nitrogens is 1. The van der Waals surface area contributed by atoms with Gasteiger partial charge in [0.15, 0.2) is 5.96 Å². The molecule has 2 heterocycles. The molecule has 0 spiro atoms. The lowest BCUT2D eigenvalue weighted by Crippen LogP contribution is -2.37. The van der Waals surface area contributed by atoms with E-state index < -0.39 is 0 Å². The number of benzene rings is 1. The second-order valence-corrected chi connectivity index (χ2v) is 7.14. The summed E-state index contributed by atoms with van der Waals surface area (Å²) in [4.78, 5) is 11.2. The van der Waals surface area contributed by atoms with Gasteiger partial charge in [0.25, 0.3) is 0 Å². The molecule has 0 aliphatic heterocycles. The summed E-state index contributed by atoms with van der Waals surface area (Å²) in [5, 5.41) is 6.56. The number of rotatable bonds is 6. The van der Waals surface area contributed by atoms with Gasteiger partial charge in [-0.25, -0.2) is 9.37 Å². The van der Waals surface area contributed by atoms with Crippen LogP contribution in [-0.4, -0.2) is 24.5 Å². The van der Waals surface area contributed by atoms with Crippen LogP contribution in [0.3, 0.4) is 0 Å². The topological polar surface area (TPSA) is 62.5 Å². The SMILES string of the molecule is CN=C(NCCc1coc(-c2ccc(F)cc2)n1)NCc1ccc(C)s1. The van der Waals surface area contributed by atoms with Crippen molar-refractivity contribution in [3.05, 3.63) is 63.9 Å². The Bertz CT molecular complexity index is 870. The Balaban J connectivity index is 1.47. The number of thiophene rings is 1. The summed E-state index contributed by atoms with van der Waals surface area (Å²) >= 11 is 1.77. The Morgan fingerprint density at radius 2 is 2.00 bits per heavy atom. The van der Waals surface area contributed by atoms with Crippen molar-refractivity contribution < 1.29 is 8.81 Å². The van der Waals surface area contributed by atoms with Crippen LogP contribution in [0.25, 0.3) is 11.5 Å². The Labute approximate surface area is 156 Å². The summed E-state index contributed by atoms with van der Waals surface area (Å²) in [6.07, 6.45) is 2.33. The zero-order chi connectivity index (χ0) is 18.4. The largest absolute Gasteiger partial charge is 0.444 e. The molecule has 2 N–H and O–H groups in total. The van der Waals surface area contributed by atoms with E-state index in [9.17, 15) is 4.39 Å². The number of guanidine groups is 1. The van der Waals surface area contributed by atoms with Crippen LogP contribution >= 0.6 is 11.3 Å². The fourth-order valence-electron chi connectivity index (χ4n) is 2.43. The first-order valence-corrected chi connectivity index (χ1v) is 9.16. The van der Waals surface area contributed by atoms with E-state index in [0.29, 0.717) is 18.9 Å². The molecule has 0 aliphatic carbocycles. The Kier molecular flexibility index (Phi) is 6.01. The van der Waals surface area contributed by atoms with E-state index in [-0.39, 0.29) is 5.82 Å². The minimum atomic E-state index is -0.277. The Hall–Kier alpha value is -2.67. The van der Waals surface area contributed by atoms with Gasteiger partial charge in [-0.15, -0.1) is 11.3 Å². The van der Waals surface area contributed by atoms with E-state index in [1.807, 2.05) is 0 Å². The number of nitrogens with zero attached hydrogens (tertiary/aromatic N) is 2. The number of hydrogen-bond donors (Lipinski definition) is 2. The normalized spacial score (nSPS) is 11.6. The lowest BCUT2D eigenvalue weighted by molar-refractivity contribution is 0.571. The molecule has 1 aromatic carbocycles. The summed E-state index contributed by atoms with van der Waals surface area (Å²) < 4.78 is 18.5. The van der Waals surface area contributed by atoms with Gasteiger partial charge in [0.1, 0.15) is 12.1 Å². The van der Waals surface area contributed by atoms with Gasteiger partial charge >= 0.3 is 0 Å². The highest BCUT2D eigenvalue weighted by molar-refractivity contribution is 7.11. The van der Waals surface area contributed by atoms with Gasteiger partial charge in [-0.2, -0.15) is 0 Å². The van der Waals surface area contributed by atoms with E-state index in [1.165, 1.54) is 21.9 Å². The van der Waals surface area contributed by atoms with Crippen molar-refractivity contribution in [2.75, 3.05) is 13.6 Å². The van der Waals surface area contributed by atoms with Gasteiger partial charge in [0.2, 0.25) is 5.89 Å². The summed E-state index contributed by atoms with van der Waals surface area (Å²) in [6.45, 7) is 3.52. The highest BCUT2D eigenvalue weighted by Gasteiger charge is 2.07. The highest BCUT2D eigenvalue weighted by atomic mass is 32.1. The molecule has 0 saturated carbocycles. The van der Waals surface area contributed by atoms with Gasteiger partial charge in [-0.3, -0.25) is 4.99 Å². The number of oxazole rings is 1. The molecule has 3 rings (SSSR count). The van der Waals surface area contributed by atoms with Crippen LogP contribution in [0.4, 0.5) is 4.39 Å². The second kappa shape index (κ2) is 8.62. The van der Waals surface area contributed by atoms with E-state index in [2.05, 4.69) is 39.7 Å². The van der Waals surface area contributed by atoms with Crippen LogP contribution in [0.15, 0.2) is 52.1 Å². The van der Waals surface area contributed by atoms with Crippen LogP contribution < -0.4 is 10.6 Å². The van der Waals surface area contributed by atoms with Crippen LogP contribution in [-0.2, 0) is 13.0 Å². The molecule has 3 aromatic rings. The third kappa shape index (κ3) is 4.92. The van der Waals surface area contributed by atoms with Gasteiger partial charge < -0.3 is 15.1 Å². The summed E-state index contributed by atoms with van der Waals surface area (Å²) in [5.41, 5.74) is 1.59. The van der Waals surface area contributed by atoms with E-state index in [1.54, 1.807) is 36.8 Å². The zero-order valence-electron chi connectivity index (χ0n) is 14.8. The van der Waals surface area contributed by atoms with Gasteiger partial charge in [-0.05, 0) is 43.3 Å². The van der Waals surface area contributed by atoms with Gasteiger partial charge in [0, 0.05) is 35.3 Å². The molecule has 0 atom stereocenters. The predicted molar refractivity (Wildman–Crippen MR) is 103 cm³/mol. The van der Waals surface area contributed by atoms with E-state index >= 15 is 0 Å². The summed E-state index contributed by atoms with van der Waals surface area (Å²) in [5.74, 6) is 0.968. The summed E-state index contributed by atoms with van der Waals surface area (Å²) in [7, 11) is 1.75. The molecule has 0 unspecified atom stereocenters. The van der Waals surface area contributed by atoms with Gasteiger partial charge in [-0.1, -0.05) is 0 Å². The van der Waals surface area contributed by atoms with Crippen LogP contribution in [0.5, 0.6) is 0 Å². The molecule has 136 valence electrons. The third-order valence-corrected chi connectivity index (χ3v) is 4.77. The first-order chi connectivity index (χ1) is 12.6. The van der Waals surface area contributed by atoms with Crippen molar-refractivity contribution in [2.45, 2.75) is 19.9 Å². The number of aliphatic imine (C=N–C) groups is 1. The molecule has 7 heteroatoms. The van der Waals surface area contributed by atoms with E-state index in [0.717, 1.165) is 23.8 Å². The Morgan fingerprint density at radius 3 is 2.69 bits per heavy atom. The quantitative estimate of drug-likeness (QED) is 0.511. The van der Waals surface area contributed by atoms with Crippen molar-refractivity contribution in [3.63, 3.8) is 0 Å². The average molecular weight is 372 g/mol. The minimum Gasteiger partial charge on any atom is -0.444 e. The molecule has 0 fully saturated rings. The molecule has 0 radical (unpaired) electrons. The maximum atomic E-state index is 13.0. The van der Waals surface area contributed by atoms with Crippen molar-refractivity contribution in [1.29, 1.82) is 0 Å². The molecule has 0 saturated heterocycles. The predicted octanol–water partition coefficient (Wildman–Crippen LogP) is 3.76. The third-order valence-electron chi connectivity index (χ3n) is 3.77. The molecule has 5 nitrogen and oxygen atoms in total. The van der Waals surface area contributed by atoms with E-state index in [4.69, 9.17) is 4.42 Å². The second-order valence-electron chi connectivity index (χ2n) is 5.77. The van der Waals surface area contributed by atoms with Gasteiger partial charge in [0.05, 0.1) is 12.2 Å². The number of aryl methyl sites for hydroxylation is 1. The number of halogens is 1. The number of nitrogens with one attached hydrogen (secondary N) is 2. The minimum absolute atomic E-state index is 0.277. The van der Waals surface area contributed by atoms with Crippen molar-refractivity contribution in [1.82, 2.24) is 15.6 Å². The molecular formula is C19H21FN4OS. The maximum absolute atomic E-state index is 13.0. The molecule has 0 aliphatic rings. The fraction of sp³-hybridized carbons (Fsp3) is 0.263. The molecule has 0 bridgehead atoms. The molecule has 2 aromatic heterocycles. The standard InChI is InChI=1S/C19H21FN4OS/c1-13-3-8-17(26-13)11-23-19(21-2)22-10-9-16-12-25-18(24-16)14-4-6-15(20)7-5-14/h3-8,12H,9-11H2,1-2H3,(H2,21,22,23). The van der Waals surface area contributed by atoms with Crippen LogP contribution in [0.1, 0.15) is 15.4 Å². The lowest BCUT2D eigenvalue weighted by Gasteiger charge is -2.10. The molecule has 0 amide bonds. The lowest BCUT2D eigenvalue weighted by atomic mass is 10.2. The van der Waals surface area contributed by atoms with Crippen molar-refractivity contribution in [2.24, 2.45) is 4.99 Å². The average Bonchev–Trinajstić information content (AvgIpc) is 3.28. The van der Waals surface area contributed by atoms with Crippen molar-refractivity contribution >= 4 is 17.3 Å². The smallest absolute Gasteiger partial charge is 0.226 e. The number of hydrogen-bond acceptors (Lipinski definition) is 4. The molecular weight excluding hydrogens is 351 g/mol. The molecule has 26 heavy (non-hydrogen) atoms. The van der Waals surface area contributed by atoms with Crippen LogP contribution in [0.2, 0.25) is 0 Å². The van der Waals surface area contributed by atoms with Crippen molar-refractivity contribution in [3.8, 4) is 11.5 Å². The Morgan fingerprint density at radius 1 is 1.19 bits per heavy atom. The zero-order valence-corrected chi connectivity index (χ0v) is 15.6. The monoisotopic (exact) mass is 372 g/mol. The first-order valence-electron chi connectivity index (χ1n) is 8.34. The summed E-state index contributed by atoms with van der Waals surface area (Å²) in [6, 6.07) is 10.3.